The fourth-order valence-electron chi connectivity index (χ4n) is 2.76. The summed E-state index contributed by atoms with van der Waals surface area (Å²) in [4.78, 5) is 0. The van der Waals surface area contributed by atoms with E-state index in [2.05, 4.69) is 25.3 Å². The average Bonchev–Trinajstić information content (AvgIpc) is 2.55. The van der Waals surface area contributed by atoms with E-state index >= 15 is 0 Å². The highest BCUT2D eigenvalue weighted by atomic mass is 19.1. The molecule has 0 aliphatic rings. The quantitative estimate of drug-likeness (QED) is 0.887. The monoisotopic (exact) mass is 248 g/mol. The molecule has 1 atom stereocenters. The van der Waals surface area contributed by atoms with Crippen LogP contribution in [0.15, 0.2) is 18.2 Å². The fraction of sp³-hybridized carbons (Fsp3) is 0.467. The Balaban J connectivity index is 2.74. The van der Waals surface area contributed by atoms with E-state index in [0.29, 0.717) is 18.4 Å². The van der Waals surface area contributed by atoms with E-state index in [4.69, 9.17) is 5.73 Å². The van der Waals surface area contributed by atoms with E-state index in [0.717, 1.165) is 10.9 Å². The molecular weight excluding hydrogens is 227 g/mol. The number of aromatic nitrogens is 1. The van der Waals surface area contributed by atoms with Gasteiger partial charge in [0.1, 0.15) is 5.82 Å². The Morgan fingerprint density at radius 1 is 1.33 bits per heavy atom. The molecule has 18 heavy (non-hydrogen) atoms. The van der Waals surface area contributed by atoms with E-state index in [1.54, 1.807) is 6.07 Å². The second-order valence-corrected chi connectivity index (χ2v) is 5.31. The third-order valence-electron chi connectivity index (χ3n) is 3.93. The molecule has 2 rings (SSSR count). The minimum absolute atomic E-state index is 0.191. The number of benzene rings is 1. The van der Waals surface area contributed by atoms with Gasteiger partial charge in [0.15, 0.2) is 0 Å². The summed E-state index contributed by atoms with van der Waals surface area (Å²) in [5.41, 5.74) is 9.32. The lowest BCUT2D eigenvalue weighted by Crippen LogP contribution is -2.18. The minimum atomic E-state index is -0.191. The Morgan fingerprint density at radius 2 is 2.00 bits per heavy atom. The van der Waals surface area contributed by atoms with Gasteiger partial charge in [-0.25, -0.2) is 4.39 Å². The molecule has 2 aromatic rings. The van der Waals surface area contributed by atoms with Crippen LogP contribution in [0.5, 0.6) is 0 Å². The number of aryl methyl sites for hydroxylation is 1. The lowest BCUT2D eigenvalue weighted by Gasteiger charge is -2.20. The van der Waals surface area contributed by atoms with Crippen LogP contribution in [0.3, 0.4) is 0 Å². The summed E-state index contributed by atoms with van der Waals surface area (Å²) in [6.07, 6.45) is 0. The van der Waals surface area contributed by atoms with E-state index in [9.17, 15) is 4.39 Å². The first-order chi connectivity index (χ1) is 8.47. The third-order valence-corrected chi connectivity index (χ3v) is 3.93. The van der Waals surface area contributed by atoms with Crippen LogP contribution in [-0.2, 0) is 7.05 Å². The van der Waals surface area contributed by atoms with Crippen molar-refractivity contribution in [3.8, 4) is 0 Å². The number of fused-ring (bicyclic) bond motifs is 1. The summed E-state index contributed by atoms with van der Waals surface area (Å²) >= 11 is 0. The lowest BCUT2D eigenvalue weighted by molar-refractivity contribution is 0.506. The lowest BCUT2D eigenvalue weighted by atomic mass is 9.87. The first-order valence-corrected chi connectivity index (χ1v) is 6.41. The zero-order chi connectivity index (χ0) is 13.4. The predicted molar refractivity (Wildman–Crippen MR) is 74.2 cm³/mol. The van der Waals surface area contributed by atoms with Crippen molar-refractivity contribution >= 4 is 10.9 Å². The SMILES string of the molecule is Cc1c(C(CN)C(C)C)c2ccc(F)cc2n1C. The number of hydrogen-bond acceptors (Lipinski definition) is 1. The number of rotatable bonds is 3. The van der Waals surface area contributed by atoms with Gasteiger partial charge in [0.05, 0.1) is 5.52 Å². The second-order valence-electron chi connectivity index (χ2n) is 5.31. The molecule has 0 saturated carbocycles. The molecule has 0 fully saturated rings. The Kier molecular flexibility index (Phi) is 3.44. The Labute approximate surface area is 108 Å². The molecule has 1 aromatic heterocycles. The molecule has 3 heteroatoms. The van der Waals surface area contributed by atoms with Gasteiger partial charge in [-0.1, -0.05) is 13.8 Å². The highest BCUT2D eigenvalue weighted by molar-refractivity contribution is 5.86. The predicted octanol–water partition coefficient (Wildman–Crippen LogP) is 3.32. The van der Waals surface area contributed by atoms with Crippen molar-refractivity contribution in [1.29, 1.82) is 0 Å². The molecule has 0 spiro atoms. The zero-order valence-corrected chi connectivity index (χ0v) is 11.5. The second kappa shape index (κ2) is 4.73. The molecule has 1 heterocycles. The molecule has 2 nitrogen and oxygen atoms in total. The Morgan fingerprint density at radius 3 is 2.56 bits per heavy atom. The van der Waals surface area contributed by atoms with Gasteiger partial charge in [-0.3, -0.25) is 0 Å². The molecule has 0 aliphatic heterocycles. The van der Waals surface area contributed by atoms with Crippen LogP contribution in [0.4, 0.5) is 4.39 Å². The maximum absolute atomic E-state index is 13.4. The molecule has 2 N–H and O–H groups in total. The summed E-state index contributed by atoms with van der Waals surface area (Å²) in [7, 11) is 1.98. The molecule has 98 valence electrons. The van der Waals surface area contributed by atoms with Crippen molar-refractivity contribution < 1.29 is 4.39 Å². The van der Waals surface area contributed by atoms with Crippen LogP contribution in [0, 0.1) is 18.7 Å². The molecule has 0 aliphatic carbocycles. The normalized spacial score (nSPS) is 13.5. The maximum Gasteiger partial charge on any atom is 0.125 e. The van der Waals surface area contributed by atoms with Crippen molar-refractivity contribution in [2.45, 2.75) is 26.7 Å². The van der Waals surface area contributed by atoms with Gasteiger partial charge >= 0.3 is 0 Å². The van der Waals surface area contributed by atoms with Crippen molar-refractivity contribution in [2.24, 2.45) is 18.7 Å². The molecule has 0 saturated heterocycles. The summed E-state index contributed by atoms with van der Waals surface area (Å²) in [5.74, 6) is 0.604. The first-order valence-electron chi connectivity index (χ1n) is 6.41. The molecule has 1 unspecified atom stereocenters. The third kappa shape index (κ3) is 1.93. The van der Waals surface area contributed by atoms with Gasteiger partial charge in [-0.2, -0.15) is 0 Å². The molecule has 0 bridgehead atoms. The maximum atomic E-state index is 13.4. The largest absolute Gasteiger partial charge is 0.348 e. The van der Waals surface area contributed by atoms with Crippen LogP contribution >= 0.6 is 0 Å². The van der Waals surface area contributed by atoms with E-state index in [1.807, 2.05) is 13.1 Å². The van der Waals surface area contributed by atoms with E-state index < -0.39 is 0 Å². The van der Waals surface area contributed by atoms with Gasteiger partial charge in [0.2, 0.25) is 0 Å². The van der Waals surface area contributed by atoms with Crippen molar-refractivity contribution in [2.75, 3.05) is 6.54 Å². The number of hydrogen-bond donors (Lipinski definition) is 1. The number of nitrogens with two attached hydrogens (primary N) is 1. The Bertz CT molecular complexity index is 569. The average molecular weight is 248 g/mol. The standard InChI is InChI=1S/C15H21FN2/c1-9(2)13(8-17)15-10(3)18(4)14-7-11(16)5-6-12(14)15/h5-7,9,13H,8,17H2,1-4H3. The topological polar surface area (TPSA) is 30.9 Å². The van der Waals surface area contributed by atoms with Crippen LogP contribution < -0.4 is 5.73 Å². The highest BCUT2D eigenvalue weighted by Crippen LogP contribution is 2.34. The van der Waals surface area contributed by atoms with Gasteiger partial charge in [0, 0.05) is 24.0 Å². The van der Waals surface area contributed by atoms with Crippen LogP contribution in [0.25, 0.3) is 10.9 Å². The van der Waals surface area contributed by atoms with E-state index in [-0.39, 0.29) is 5.82 Å². The van der Waals surface area contributed by atoms with Crippen molar-refractivity contribution in [1.82, 2.24) is 4.57 Å². The van der Waals surface area contributed by atoms with Gasteiger partial charge in [-0.05, 0) is 43.1 Å². The smallest absolute Gasteiger partial charge is 0.125 e. The molecule has 0 amide bonds. The van der Waals surface area contributed by atoms with Crippen molar-refractivity contribution in [3.63, 3.8) is 0 Å². The van der Waals surface area contributed by atoms with Gasteiger partial charge in [-0.15, -0.1) is 0 Å². The number of nitrogens with zero attached hydrogens (tertiary/aromatic N) is 1. The molecule has 1 aromatic carbocycles. The fourth-order valence-corrected chi connectivity index (χ4v) is 2.76. The minimum Gasteiger partial charge on any atom is -0.348 e. The highest BCUT2D eigenvalue weighted by Gasteiger charge is 2.22. The van der Waals surface area contributed by atoms with Gasteiger partial charge < -0.3 is 10.3 Å². The first kappa shape index (κ1) is 13.1. The van der Waals surface area contributed by atoms with Crippen LogP contribution in [-0.4, -0.2) is 11.1 Å². The van der Waals surface area contributed by atoms with Crippen LogP contribution in [0.1, 0.15) is 31.0 Å². The van der Waals surface area contributed by atoms with Crippen LogP contribution in [0.2, 0.25) is 0 Å². The number of halogens is 1. The molecule has 0 radical (unpaired) electrons. The summed E-state index contributed by atoms with van der Waals surface area (Å²) < 4.78 is 15.4. The zero-order valence-electron chi connectivity index (χ0n) is 11.5. The summed E-state index contributed by atoms with van der Waals surface area (Å²) in [6, 6.07) is 5.00. The van der Waals surface area contributed by atoms with Crippen molar-refractivity contribution in [3.05, 3.63) is 35.3 Å². The van der Waals surface area contributed by atoms with E-state index in [1.165, 1.54) is 17.3 Å². The Hall–Kier alpha value is -1.35. The summed E-state index contributed by atoms with van der Waals surface area (Å²) in [5, 5.41) is 1.13. The van der Waals surface area contributed by atoms with Gasteiger partial charge in [0.25, 0.3) is 0 Å². The summed E-state index contributed by atoms with van der Waals surface area (Å²) in [6.45, 7) is 7.06. The molecular formula is C15H21FN2.